The maximum atomic E-state index is 11.7. The number of nitrogens with two attached hydrogens (primary N) is 1. The molecule has 4 heteroatoms. The summed E-state index contributed by atoms with van der Waals surface area (Å²) in [6, 6.07) is 0.200. The predicted molar refractivity (Wildman–Crippen MR) is 63.6 cm³/mol. The zero-order valence-electron chi connectivity index (χ0n) is 10.6. The van der Waals surface area contributed by atoms with E-state index < -0.39 is 5.41 Å². The Morgan fingerprint density at radius 2 is 2.00 bits per heavy atom. The van der Waals surface area contributed by atoms with Gasteiger partial charge in [0.15, 0.2) is 0 Å². The van der Waals surface area contributed by atoms with E-state index in [4.69, 9.17) is 5.73 Å². The second kappa shape index (κ2) is 6.08. The first-order valence-corrected chi connectivity index (χ1v) is 5.45. The minimum absolute atomic E-state index is 0.0382. The molecule has 0 aliphatic heterocycles. The molecule has 0 aromatic rings. The molecule has 0 aromatic carbocycles. The van der Waals surface area contributed by atoms with E-state index in [0.29, 0.717) is 6.54 Å². The highest BCUT2D eigenvalue weighted by Crippen LogP contribution is 2.12. The van der Waals surface area contributed by atoms with Gasteiger partial charge in [-0.15, -0.1) is 0 Å². The molecule has 0 aromatic heterocycles. The van der Waals surface area contributed by atoms with E-state index in [1.165, 1.54) is 0 Å². The highest BCUT2D eigenvalue weighted by Gasteiger charge is 2.26. The summed E-state index contributed by atoms with van der Waals surface area (Å²) in [4.78, 5) is 13.9. The van der Waals surface area contributed by atoms with Gasteiger partial charge in [0.1, 0.15) is 0 Å². The maximum absolute atomic E-state index is 11.7. The number of amides is 1. The number of nitrogens with one attached hydrogen (secondary N) is 1. The van der Waals surface area contributed by atoms with Gasteiger partial charge in [-0.3, -0.25) is 4.79 Å². The number of carbonyl (C=O) groups excluding carboxylic acids is 1. The molecule has 0 saturated heterocycles. The summed E-state index contributed by atoms with van der Waals surface area (Å²) < 4.78 is 0. The van der Waals surface area contributed by atoms with E-state index in [1.54, 1.807) is 0 Å². The fourth-order valence-corrected chi connectivity index (χ4v) is 1.04. The van der Waals surface area contributed by atoms with Gasteiger partial charge in [0.25, 0.3) is 0 Å². The van der Waals surface area contributed by atoms with Gasteiger partial charge in [-0.2, -0.15) is 0 Å². The lowest BCUT2D eigenvalue weighted by atomic mass is 9.92. The number of carbonyl (C=O) groups is 1. The number of hydrogen-bond acceptors (Lipinski definition) is 3. The molecule has 15 heavy (non-hydrogen) atoms. The Labute approximate surface area is 93.2 Å². The molecule has 0 bridgehead atoms. The van der Waals surface area contributed by atoms with Crippen molar-refractivity contribution in [2.24, 2.45) is 11.1 Å². The van der Waals surface area contributed by atoms with Gasteiger partial charge < -0.3 is 16.0 Å². The second-order valence-electron chi connectivity index (χ2n) is 5.05. The Kier molecular flexibility index (Phi) is 5.83. The van der Waals surface area contributed by atoms with Crippen molar-refractivity contribution in [3.63, 3.8) is 0 Å². The van der Waals surface area contributed by atoms with Crippen LogP contribution in [0.5, 0.6) is 0 Å². The zero-order valence-corrected chi connectivity index (χ0v) is 10.6. The van der Waals surface area contributed by atoms with Crippen molar-refractivity contribution in [3.8, 4) is 0 Å². The lowest BCUT2D eigenvalue weighted by Crippen LogP contribution is -2.45. The van der Waals surface area contributed by atoms with Crippen LogP contribution in [0.3, 0.4) is 0 Å². The van der Waals surface area contributed by atoms with Crippen molar-refractivity contribution < 1.29 is 4.79 Å². The molecule has 0 rings (SSSR count). The average molecular weight is 215 g/mol. The highest BCUT2D eigenvalue weighted by molar-refractivity contribution is 5.82. The first kappa shape index (κ1) is 14.4. The minimum Gasteiger partial charge on any atom is -0.353 e. The van der Waals surface area contributed by atoms with Crippen molar-refractivity contribution in [1.82, 2.24) is 10.2 Å². The maximum Gasteiger partial charge on any atom is 0.227 e. The number of rotatable bonds is 6. The summed E-state index contributed by atoms with van der Waals surface area (Å²) in [5.74, 6) is 0.0382. The number of hydrogen-bond donors (Lipinski definition) is 2. The third-order valence-electron chi connectivity index (χ3n) is 2.51. The highest BCUT2D eigenvalue weighted by atomic mass is 16.2. The molecule has 4 nitrogen and oxygen atoms in total. The van der Waals surface area contributed by atoms with E-state index in [0.717, 1.165) is 13.0 Å². The molecule has 0 aliphatic carbocycles. The Morgan fingerprint density at radius 3 is 2.40 bits per heavy atom. The third kappa shape index (κ3) is 5.74. The smallest absolute Gasteiger partial charge is 0.227 e. The molecule has 1 unspecified atom stereocenters. The molecule has 3 N–H and O–H groups in total. The van der Waals surface area contributed by atoms with Gasteiger partial charge >= 0.3 is 0 Å². The zero-order chi connectivity index (χ0) is 12.1. The van der Waals surface area contributed by atoms with E-state index in [1.807, 2.05) is 34.9 Å². The summed E-state index contributed by atoms with van der Waals surface area (Å²) in [7, 11) is 4.05. The van der Waals surface area contributed by atoms with Crippen molar-refractivity contribution in [2.45, 2.75) is 33.2 Å². The molecule has 0 spiro atoms. The summed E-state index contributed by atoms with van der Waals surface area (Å²) in [6.45, 7) is 7.10. The SMILES string of the molecule is CC(CCN(C)C)NC(=O)C(C)(C)CN. The topological polar surface area (TPSA) is 58.4 Å². The van der Waals surface area contributed by atoms with E-state index in [2.05, 4.69) is 10.2 Å². The first-order valence-electron chi connectivity index (χ1n) is 5.45. The largest absolute Gasteiger partial charge is 0.353 e. The van der Waals surface area contributed by atoms with Crippen LogP contribution in [-0.2, 0) is 4.79 Å². The summed E-state index contributed by atoms with van der Waals surface area (Å²) in [5, 5.41) is 2.98. The second-order valence-corrected chi connectivity index (χ2v) is 5.05. The van der Waals surface area contributed by atoms with Crippen molar-refractivity contribution in [1.29, 1.82) is 0 Å². The molecule has 0 aliphatic rings. The average Bonchev–Trinajstić information content (AvgIpc) is 2.14. The van der Waals surface area contributed by atoms with Crippen LogP contribution in [0.1, 0.15) is 27.2 Å². The molecule has 0 radical (unpaired) electrons. The molecule has 90 valence electrons. The van der Waals surface area contributed by atoms with Crippen LogP contribution in [0.15, 0.2) is 0 Å². The summed E-state index contributed by atoms with van der Waals surface area (Å²) in [5.41, 5.74) is 5.07. The van der Waals surface area contributed by atoms with Crippen LogP contribution in [0.2, 0.25) is 0 Å². The Balaban J connectivity index is 3.96. The van der Waals surface area contributed by atoms with Crippen LogP contribution in [0.25, 0.3) is 0 Å². The summed E-state index contributed by atoms with van der Waals surface area (Å²) >= 11 is 0. The lowest BCUT2D eigenvalue weighted by Gasteiger charge is -2.25. The minimum atomic E-state index is -0.466. The molecule has 0 fully saturated rings. The van der Waals surface area contributed by atoms with Gasteiger partial charge in [0, 0.05) is 12.6 Å². The molecule has 1 atom stereocenters. The molecule has 1 amide bonds. The van der Waals surface area contributed by atoms with Gasteiger partial charge in [0.05, 0.1) is 5.41 Å². The van der Waals surface area contributed by atoms with Crippen molar-refractivity contribution in [2.75, 3.05) is 27.2 Å². The van der Waals surface area contributed by atoms with Crippen LogP contribution < -0.4 is 11.1 Å². The normalized spacial score (nSPS) is 14.1. The molecular formula is C11H25N3O. The van der Waals surface area contributed by atoms with Gasteiger partial charge in [-0.1, -0.05) is 0 Å². The molecule has 0 saturated carbocycles. The van der Waals surface area contributed by atoms with Crippen molar-refractivity contribution >= 4 is 5.91 Å². The van der Waals surface area contributed by atoms with Crippen LogP contribution in [0, 0.1) is 5.41 Å². The molecule has 0 heterocycles. The van der Waals surface area contributed by atoms with Crippen LogP contribution in [-0.4, -0.2) is 44.0 Å². The Morgan fingerprint density at radius 1 is 1.47 bits per heavy atom. The summed E-state index contributed by atoms with van der Waals surface area (Å²) in [6.07, 6.45) is 0.958. The predicted octanol–water partition coefficient (Wildman–Crippen LogP) is 0.428. The Bertz CT molecular complexity index is 202. The van der Waals surface area contributed by atoms with Gasteiger partial charge in [0.2, 0.25) is 5.91 Å². The van der Waals surface area contributed by atoms with Crippen molar-refractivity contribution in [3.05, 3.63) is 0 Å². The molecular weight excluding hydrogens is 190 g/mol. The number of nitrogens with zero attached hydrogens (tertiary/aromatic N) is 1. The monoisotopic (exact) mass is 215 g/mol. The first-order chi connectivity index (χ1) is 6.79. The van der Waals surface area contributed by atoms with E-state index >= 15 is 0 Å². The third-order valence-corrected chi connectivity index (χ3v) is 2.51. The van der Waals surface area contributed by atoms with E-state index in [9.17, 15) is 4.79 Å². The fourth-order valence-electron chi connectivity index (χ4n) is 1.04. The van der Waals surface area contributed by atoms with Crippen LogP contribution >= 0.6 is 0 Å². The Hall–Kier alpha value is -0.610. The standard InChI is InChI=1S/C11H25N3O/c1-9(6-7-14(4)5)13-10(15)11(2,3)8-12/h9H,6-8,12H2,1-5H3,(H,13,15). The van der Waals surface area contributed by atoms with Gasteiger partial charge in [-0.05, 0) is 47.8 Å². The van der Waals surface area contributed by atoms with E-state index in [-0.39, 0.29) is 11.9 Å². The lowest BCUT2D eigenvalue weighted by molar-refractivity contribution is -0.129. The van der Waals surface area contributed by atoms with Crippen LogP contribution in [0.4, 0.5) is 0 Å². The van der Waals surface area contributed by atoms with Gasteiger partial charge in [-0.25, -0.2) is 0 Å². The quantitative estimate of drug-likeness (QED) is 0.675. The fraction of sp³-hybridized carbons (Fsp3) is 0.909.